The molecule has 2 bridgehead atoms. The van der Waals surface area contributed by atoms with E-state index in [2.05, 4.69) is 36.5 Å². The van der Waals surface area contributed by atoms with Gasteiger partial charge in [0.1, 0.15) is 17.8 Å². The van der Waals surface area contributed by atoms with Gasteiger partial charge in [-0.3, -0.25) is 14.8 Å². The van der Waals surface area contributed by atoms with E-state index in [1.807, 2.05) is 13.1 Å². The van der Waals surface area contributed by atoms with Crippen molar-refractivity contribution in [3.63, 3.8) is 0 Å². The maximum absolute atomic E-state index is 13.5. The van der Waals surface area contributed by atoms with E-state index >= 15 is 0 Å². The number of aliphatic hydroxyl groups excluding tert-OH is 1. The summed E-state index contributed by atoms with van der Waals surface area (Å²) in [5.41, 5.74) is 1.10. The molecule has 5 rings (SSSR count). The average molecular weight is 451 g/mol. The Kier molecular flexibility index (Phi) is 5.31. The van der Waals surface area contributed by atoms with Gasteiger partial charge < -0.3 is 15.2 Å². The lowest BCUT2D eigenvalue weighted by atomic mass is 9.44. The van der Waals surface area contributed by atoms with Gasteiger partial charge in [0.2, 0.25) is 0 Å². The van der Waals surface area contributed by atoms with Gasteiger partial charge in [-0.2, -0.15) is 5.10 Å². The quantitative estimate of drug-likeness (QED) is 0.564. The van der Waals surface area contributed by atoms with Crippen molar-refractivity contribution < 1.29 is 19.0 Å². The van der Waals surface area contributed by atoms with Crippen LogP contribution in [0.2, 0.25) is 5.02 Å². The maximum atomic E-state index is 13.5. The highest BCUT2D eigenvalue weighted by Crippen LogP contribution is 2.61. The third-order valence-electron chi connectivity index (χ3n) is 6.10. The predicted molar refractivity (Wildman–Crippen MR) is 114 cm³/mol. The van der Waals surface area contributed by atoms with Crippen LogP contribution < -0.4 is 15.4 Å². The molecule has 1 aromatic carbocycles. The molecular formula is C22H28ClFN4O3. The average Bonchev–Trinajstić information content (AvgIpc) is 3.02. The molecule has 1 unspecified atom stereocenters. The summed E-state index contributed by atoms with van der Waals surface area (Å²) in [6.45, 7) is 6.05. The second-order valence-corrected chi connectivity index (χ2v) is 10.3. The number of ether oxygens (including phenoxy) is 1. The number of aliphatic hydroxyl groups is 1. The standard InChI is InChI=1S/C22H28ClFN4O3/c1-20(2,3)17-8-16(28(4)27-17)19(30)26-22-10-21(11-22,12-22)25-18(29)9-31-13-5-6-14(23)15(24)7-13/h5-8,19,26,30H,9-12H2,1-4H3,(H,25,29). The molecule has 3 N–H and O–H groups in total. The number of halogens is 2. The number of aromatic nitrogens is 2. The van der Waals surface area contributed by atoms with Gasteiger partial charge in [0.25, 0.3) is 5.91 Å². The van der Waals surface area contributed by atoms with Gasteiger partial charge in [0, 0.05) is 29.6 Å². The number of carbonyl (C=O) groups is 1. The minimum absolute atomic E-state index is 0.00593. The van der Waals surface area contributed by atoms with Crippen LogP contribution in [-0.2, 0) is 17.3 Å². The smallest absolute Gasteiger partial charge is 0.258 e. The topological polar surface area (TPSA) is 88.4 Å². The molecule has 3 aliphatic carbocycles. The first kappa shape index (κ1) is 22.0. The number of benzene rings is 1. The van der Waals surface area contributed by atoms with Crippen LogP contribution in [-0.4, -0.2) is 38.5 Å². The molecule has 3 aliphatic rings. The SMILES string of the molecule is Cn1nc(C(C)(C)C)cc1C(O)NC12CC(NC(=O)COc3ccc(Cl)c(F)c3)(C1)C2. The lowest BCUT2D eigenvalue weighted by Crippen LogP contribution is -2.83. The third-order valence-corrected chi connectivity index (χ3v) is 6.41. The first-order valence-electron chi connectivity index (χ1n) is 10.3. The fourth-order valence-corrected chi connectivity index (χ4v) is 4.71. The van der Waals surface area contributed by atoms with E-state index in [0.29, 0.717) is 0 Å². The van der Waals surface area contributed by atoms with Crippen LogP contribution in [0.15, 0.2) is 24.3 Å². The number of rotatable bonds is 7. The van der Waals surface area contributed by atoms with Gasteiger partial charge in [0.05, 0.1) is 16.4 Å². The molecule has 0 aliphatic heterocycles. The fraction of sp³-hybridized carbons (Fsp3) is 0.545. The number of carbonyl (C=O) groups excluding carboxylic acids is 1. The molecule has 0 saturated heterocycles. The summed E-state index contributed by atoms with van der Waals surface area (Å²) in [6.07, 6.45) is 1.39. The van der Waals surface area contributed by atoms with Crippen molar-refractivity contribution >= 4 is 17.5 Å². The van der Waals surface area contributed by atoms with E-state index in [1.54, 1.807) is 4.68 Å². The number of hydrogen-bond acceptors (Lipinski definition) is 5. The van der Waals surface area contributed by atoms with Gasteiger partial charge in [-0.1, -0.05) is 32.4 Å². The van der Waals surface area contributed by atoms with Crippen LogP contribution in [0.3, 0.4) is 0 Å². The minimum atomic E-state index is -0.828. The summed E-state index contributed by atoms with van der Waals surface area (Å²) in [6, 6.07) is 5.99. The minimum Gasteiger partial charge on any atom is -0.484 e. The number of nitrogens with one attached hydrogen (secondary N) is 2. The zero-order chi connectivity index (χ0) is 22.6. The summed E-state index contributed by atoms with van der Waals surface area (Å²) in [5, 5.41) is 21.5. The highest BCUT2D eigenvalue weighted by molar-refractivity contribution is 6.30. The molecule has 0 radical (unpaired) electrons. The Bertz CT molecular complexity index is 997. The molecule has 31 heavy (non-hydrogen) atoms. The van der Waals surface area contributed by atoms with Gasteiger partial charge in [-0.25, -0.2) is 4.39 Å². The van der Waals surface area contributed by atoms with Gasteiger partial charge in [-0.15, -0.1) is 0 Å². The lowest BCUT2D eigenvalue weighted by molar-refractivity contribution is -0.151. The first-order valence-corrected chi connectivity index (χ1v) is 10.7. The molecule has 7 nitrogen and oxygen atoms in total. The number of amides is 1. The van der Waals surface area contributed by atoms with Gasteiger partial charge >= 0.3 is 0 Å². The molecule has 9 heteroatoms. The molecule has 168 valence electrons. The summed E-state index contributed by atoms with van der Waals surface area (Å²) in [4.78, 5) is 12.3. The normalized spacial score (nSPS) is 25.4. The molecule has 3 saturated carbocycles. The van der Waals surface area contributed by atoms with Crippen LogP contribution >= 0.6 is 11.6 Å². The fourth-order valence-electron chi connectivity index (χ4n) is 4.59. The molecule has 1 atom stereocenters. The van der Waals surface area contributed by atoms with Crippen molar-refractivity contribution in [2.24, 2.45) is 7.05 Å². The van der Waals surface area contributed by atoms with E-state index in [-0.39, 0.29) is 39.8 Å². The molecule has 1 amide bonds. The van der Waals surface area contributed by atoms with Crippen LogP contribution in [0.1, 0.15) is 57.6 Å². The second-order valence-electron chi connectivity index (χ2n) is 9.88. The van der Waals surface area contributed by atoms with E-state index in [4.69, 9.17) is 16.3 Å². The highest BCUT2D eigenvalue weighted by Gasteiger charge is 2.69. The molecule has 1 aromatic heterocycles. The van der Waals surface area contributed by atoms with Crippen molar-refractivity contribution in [2.45, 2.75) is 62.8 Å². The molecule has 0 spiro atoms. The van der Waals surface area contributed by atoms with Crippen molar-refractivity contribution in [1.29, 1.82) is 0 Å². The van der Waals surface area contributed by atoms with Gasteiger partial charge in [0.15, 0.2) is 6.61 Å². The van der Waals surface area contributed by atoms with E-state index < -0.39 is 12.0 Å². The summed E-state index contributed by atoms with van der Waals surface area (Å²) < 4.78 is 20.5. The molecule has 2 aromatic rings. The van der Waals surface area contributed by atoms with Crippen molar-refractivity contribution in [3.05, 3.63) is 46.5 Å². The largest absolute Gasteiger partial charge is 0.484 e. The van der Waals surface area contributed by atoms with Crippen LogP contribution in [0.25, 0.3) is 0 Å². The zero-order valence-electron chi connectivity index (χ0n) is 18.1. The zero-order valence-corrected chi connectivity index (χ0v) is 18.9. The maximum Gasteiger partial charge on any atom is 0.258 e. The summed E-state index contributed by atoms with van der Waals surface area (Å²) in [5.74, 6) is -0.596. The monoisotopic (exact) mass is 450 g/mol. The molecule has 1 heterocycles. The van der Waals surface area contributed by atoms with Crippen molar-refractivity contribution in [1.82, 2.24) is 20.4 Å². The lowest BCUT2D eigenvalue weighted by Gasteiger charge is -2.71. The number of nitrogens with zero attached hydrogens (tertiary/aromatic N) is 2. The summed E-state index contributed by atoms with van der Waals surface area (Å²) in [7, 11) is 1.83. The van der Waals surface area contributed by atoms with E-state index in [9.17, 15) is 14.3 Å². The summed E-state index contributed by atoms with van der Waals surface area (Å²) >= 11 is 5.64. The van der Waals surface area contributed by atoms with Crippen molar-refractivity contribution in [2.75, 3.05) is 6.61 Å². The van der Waals surface area contributed by atoms with Crippen LogP contribution in [0, 0.1) is 5.82 Å². The Morgan fingerprint density at radius 2 is 2.00 bits per heavy atom. The number of aryl methyl sites for hydroxylation is 1. The first-order chi connectivity index (χ1) is 14.4. The Hall–Kier alpha value is -2.16. The molecular weight excluding hydrogens is 423 g/mol. The Labute approximate surface area is 185 Å². The van der Waals surface area contributed by atoms with Crippen LogP contribution in [0.5, 0.6) is 5.75 Å². The Balaban J connectivity index is 1.26. The predicted octanol–water partition coefficient (Wildman–Crippen LogP) is 2.96. The second kappa shape index (κ2) is 7.46. The number of hydrogen-bond donors (Lipinski definition) is 3. The van der Waals surface area contributed by atoms with Crippen LogP contribution in [0.4, 0.5) is 4.39 Å². The van der Waals surface area contributed by atoms with Gasteiger partial charge in [-0.05, 0) is 37.5 Å². The highest BCUT2D eigenvalue weighted by atomic mass is 35.5. The third kappa shape index (κ3) is 4.29. The molecule has 3 fully saturated rings. The Morgan fingerprint density at radius 3 is 2.58 bits per heavy atom. The van der Waals surface area contributed by atoms with E-state index in [1.165, 1.54) is 12.1 Å². The van der Waals surface area contributed by atoms with E-state index in [0.717, 1.165) is 36.7 Å². The van der Waals surface area contributed by atoms with Crippen molar-refractivity contribution in [3.8, 4) is 5.75 Å². The Morgan fingerprint density at radius 1 is 1.32 bits per heavy atom.